The van der Waals surface area contributed by atoms with Crippen LogP contribution in [0.15, 0.2) is 60.7 Å². The monoisotopic (exact) mass is 469 g/mol. The Hall–Kier alpha value is -1.95. The first-order chi connectivity index (χ1) is 15.5. The van der Waals surface area contributed by atoms with E-state index in [1.54, 1.807) is 0 Å². The van der Waals surface area contributed by atoms with Crippen LogP contribution in [0.4, 0.5) is 0 Å². The van der Waals surface area contributed by atoms with Crippen molar-refractivity contribution in [3.05, 3.63) is 71.8 Å². The molecule has 1 unspecified atom stereocenters. The number of benzene rings is 2. The SMILES string of the molecule is CCOC(=O)CC(CCO[Si](C)(C)C(C)(C)C)N(Cc1ccccc1)[C@H](C)c1ccccc1. The van der Waals surface area contributed by atoms with E-state index in [1.807, 2.05) is 19.1 Å². The van der Waals surface area contributed by atoms with Crippen LogP contribution in [-0.2, 0) is 20.5 Å². The van der Waals surface area contributed by atoms with E-state index in [9.17, 15) is 4.79 Å². The van der Waals surface area contributed by atoms with E-state index in [1.165, 1.54) is 11.1 Å². The molecule has 2 atom stereocenters. The summed E-state index contributed by atoms with van der Waals surface area (Å²) in [6, 6.07) is 21.2. The van der Waals surface area contributed by atoms with E-state index in [-0.39, 0.29) is 23.1 Å². The van der Waals surface area contributed by atoms with Crippen LogP contribution in [0.25, 0.3) is 0 Å². The maximum absolute atomic E-state index is 12.6. The Labute approximate surface area is 202 Å². The van der Waals surface area contributed by atoms with Gasteiger partial charge in [-0.3, -0.25) is 9.69 Å². The van der Waals surface area contributed by atoms with E-state index in [2.05, 4.69) is 94.2 Å². The molecule has 0 saturated heterocycles. The molecule has 2 rings (SSSR count). The highest BCUT2D eigenvalue weighted by Crippen LogP contribution is 2.37. The van der Waals surface area contributed by atoms with Crippen LogP contribution in [-0.4, -0.2) is 38.4 Å². The predicted molar refractivity (Wildman–Crippen MR) is 140 cm³/mol. The third-order valence-electron chi connectivity index (χ3n) is 6.88. The Morgan fingerprint density at radius 1 is 1.00 bits per heavy atom. The van der Waals surface area contributed by atoms with Crippen molar-refractivity contribution < 1.29 is 14.0 Å². The lowest BCUT2D eigenvalue weighted by Gasteiger charge is -2.39. The van der Waals surface area contributed by atoms with Crippen molar-refractivity contribution in [2.24, 2.45) is 0 Å². The summed E-state index contributed by atoms with van der Waals surface area (Å²) in [7, 11) is -1.86. The van der Waals surface area contributed by atoms with Crippen molar-refractivity contribution in [3.8, 4) is 0 Å². The van der Waals surface area contributed by atoms with Gasteiger partial charge in [-0.2, -0.15) is 0 Å². The second-order valence-corrected chi connectivity index (χ2v) is 15.1. The molecule has 4 nitrogen and oxygen atoms in total. The molecule has 2 aromatic rings. The average molecular weight is 470 g/mol. The molecule has 0 N–H and O–H groups in total. The summed E-state index contributed by atoms with van der Waals surface area (Å²) in [4.78, 5) is 15.0. The third kappa shape index (κ3) is 8.40. The zero-order valence-corrected chi connectivity index (χ0v) is 22.6. The fourth-order valence-corrected chi connectivity index (χ4v) is 4.82. The standard InChI is InChI=1S/C28H43NO3Si/c1-8-31-27(30)21-26(19-20-32-33(6,7)28(3,4)5)29(22-24-15-11-9-12-16-24)23(2)25-17-13-10-14-18-25/h9-18,23,26H,8,19-22H2,1-7H3/t23-,26?/m1/s1. The fourth-order valence-electron chi connectivity index (χ4n) is 3.76. The topological polar surface area (TPSA) is 38.8 Å². The van der Waals surface area contributed by atoms with Crippen molar-refractivity contribution in [3.63, 3.8) is 0 Å². The lowest BCUT2D eigenvalue weighted by molar-refractivity contribution is -0.145. The zero-order chi connectivity index (χ0) is 24.5. The first kappa shape index (κ1) is 27.3. The first-order valence-corrected chi connectivity index (χ1v) is 15.1. The van der Waals surface area contributed by atoms with Gasteiger partial charge in [0.05, 0.1) is 13.0 Å². The smallest absolute Gasteiger partial charge is 0.307 e. The van der Waals surface area contributed by atoms with Gasteiger partial charge in [0.1, 0.15) is 0 Å². The van der Waals surface area contributed by atoms with Crippen molar-refractivity contribution in [1.82, 2.24) is 4.90 Å². The highest BCUT2D eigenvalue weighted by Gasteiger charge is 2.37. The van der Waals surface area contributed by atoms with Gasteiger partial charge in [-0.25, -0.2) is 0 Å². The summed E-state index contributed by atoms with van der Waals surface area (Å²) in [5.41, 5.74) is 2.48. The summed E-state index contributed by atoms with van der Waals surface area (Å²) in [6.45, 7) is 17.2. The van der Waals surface area contributed by atoms with E-state index < -0.39 is 8.32 Å². The molecule has 0 aliphatic heterocycles. The second-order valence-electron chi connectivity index (χ2n) is 10.3. The van der Waals surface area contributed by atoms with Crippen LogP contribution in [0.3, 0.4) is 0 Å². The van der Waals surface area contributed by atoms with Crippen LogP contribution in [0.1, 0.15) is 64.6 Å². The molecule has 33 heavy (non-hydrogen) atoms. The van der Waals surface area contributed by atoms with E-state index in [0.717, 1.165) is 13.0 Å². The second kappa shape index (κ2) is 12.5. The van der Waals surface area contributed by atoms with Gasteiger partial charge in [0.25, 0.3) is 0 Å². The molecular weight excluding hydrogens is 426 g/mol. The Balaban J connectivity index is 2.30. The minimum Gasteiger partial charge on any atom is -0.466 e. The van der Waals surface area contributed by atoms with Crippen molar-refractivity contribution in [2.75, 3.05) is 13.2 Å². The molecule has 0 heterocycles. The molecule has 2 aromatic carbocycles. The zero-order valence-electron chi connectivity index (χ0n) is 21.6. The minimum absolute atomic E-state index is 0.0178. The number of esters is 1. The summed E-state index contributed by atoms with van der Waals surface area (Å²) >= 11 is 0. The van der Waals surface area contributed by atoms with Crippen LogP contribution < -0.4 is 0 Å². The average Bonchev–Trinajstić information content (AvgIpc) is 2.77. The number of ether oxygens (including phenoxy) is 1. The largest absolute Gasteiger partial charge is 0.466 e. The number of nitrogens with zero attached hydrogens (tertiary/aromatic N) is 1. The molecule has 0 saturated carbocycles. The Morgan fingerprint density at radius 2 is 1.58 bits per heavy atom. The molecule has 0 aliphatic carbocycles. The normalized spacial score (nSPS) is 14.2. The number of carbonyl (C=O) groups is 1. The molecule has 0 aliphatic rings. The molecule has 0 amide bonds. The first-order valence-electron chi connectivity index (χ1n) is 12.2. The Bertz CT molecular complexity index is 833. The van der Waals surface area contributed by atoms with Gasteiger partial charge in [0.2, 0.25) is 0 Å². The van der Waals surface area contributed by atoms with Crippen molar-refractivity contribution >= 4 is 14.3 Å². The highest BCUT2D eigenvalue weighted by molar-refractivity contribution is 6.74. The van der Waals surface area contributed by atoms with Crippen LogP contribution in [0.5, 0.6) is 0 Å². The summed E-state index contributed by atoms with van der Waals surface area (Å²) in [5, 5.41) is 0.157. The van der Waals surface area contributed by atoms with Gasteiger partial charge in [-0.05, 0) is 49.5 Å². The molecule has 182 valence electrons. The molecule has 0 radical (unpaired) electrons. The fraction of sp³-hybridized carbons (Fsp3) is 0.536. The quantitative estimate of drug-likeness (QED) is 0.248. The molecule has 0 aromatic heterocycles. The Morgan fingerprint density at radius 3 is 2.12 bits per heavy atom. The maximum atomic E-state index is 12.6. The summed E-state index contributed by atoms with van der Waals surface area (Å²) in [6.07, 6.45) is 1.15. The van der Waals surface area contributed by atoms with Crippen LogP contribution in [0, 0.1) is 0 Å². The van der Waals surface area contributed by atoms with Gasteiger partial charge in [0, 0.05) is 25.2 Å². The van der Waals surface area contributed by atoms with E-state index >= 15 is 0 Å². The van der Waals surface area contributed by atoms with E-state index in [0.29, 0.717) is 19.6 Å². The minimum atomic E-state index is -1.86. The Kier molecular flexibility index (Phi) is 10.3. The van der Waals surface area contributed by atoms with Gasteiger partial charge < -0.3 is 9.16 Å². The third-order valence-corrected chi connectivity index (χ3v) is 11.4. The molecule has 5 heteroatoms. The highest BCUT2D eigenvalue weighted by atomic mass is 28.4. The van der Waals surface area contributed by atoms with Gasteiger partial charge in [-0.15, -0.1) is 0 Å². The molecule has 0 bridgehead atoms. The number of rotatable bonds is 12. The van der Waals surface area contributed by atoms with Gasteiger partial charge in [0.15, 0.2) is 8.32 Å². The maximum Gasteiger partial charge on any atom is 0.307 e. The van der Waals surface area contributed by atoms with Crippen LogP contribution in [0.2, 0.25) is 18.1 Å². The number of carbonyl (C=O) groups excluding carboxylic acids is 1. The van der Waals surface area contributed by atoms with Crippen LogP contribution >= 0.6 is 0 Å². The molecular formula is C28H43NO3Si. The van der Waals surface area contributed by atoms with Crippen molar-refractivity contribution in [2.45, 2.75) is 84.2 Å². The molecule has 0 fully saturated rings. The van der Waals surface area contributed by atoms with Gasteiger partial charge in [-0.1, -0.05) is 81.4 Å². The van der Waals surface area contributed by atoms with Crippen molar-refractivity contribution in [1.29, 1.82) is 0 Å². The summed E-state index contributed by atoms with van der Waals surface area (Å²) < 4.78 is 11.9. The number of hydrogen-bond donors (Lipinski definition) is 0. The van der Waals surface area contributed by atoms with Gasteiger partial charge >= 0.3 is 5.97 Å². The predicted octanol–water partition coefficient (Wildman–Crippen LogP) is 6.98. The molecule has 0 spiro atoms. The lowest BCUT2D eigenvalue weighted by atomic mass is 10.00. The summed E-state index contributed by atoms with van der Waals surface area (Å²) in [5.74, 6) is -0.145. The number of hydrogen-bond acceptors (Lipinski definition) is 4. The lowest BCUT2D eigenvalue weighted by Crippen LogP contribution is -2.43. The van der Waals surface area contributed by atoms with E-state index in [4.69, 9.17) is 9.16 Å².